The van der Waals surface area contributed by atoms with E-state index in [2.05, 4.69) is 12.6 Å². The molecule has 0 aliphatic heterocycles. The molecule has 15 heavy (non-hydrogen) atoms. The Labute approximate surface area is 101 Å². The predicted molar refractivity (Wildman–Crippen MR) is 66.4 cm³/mol. The van der Waals surface area contributed by atoms with Crippen LogP contribution in [-0.2, 0) is 0 Å². The van der Waals surface area contributed by atoms with Gasteiger partial charge in [-0.15, -0.1) is 0 Å². The fraction of sp³-hybridized carbons (Fsp3) is 0.455. The van der Waals surface area contributed by atoms with Crippen LogP contribution in [0.4, 0.5) is 4.39 Å². The van der Waals surface area contributed by atoms with Crippen molar-refractivity contribution >= 4 is 24.2 Å². The SMILES string of the molecule is Cc1cc(Cl)c(C(CS)N(C)C)cc1F. The second kappa shape index (κ2) is 5.19. The van der Waals surface area contributed by atoms with Crippen LogP contribution in [-0.4, -0.2) is 24.7 Å². The topological polar surface area (TPSA) is 3.24 Å². The van der Waals surface area contributed by atoms with Crippen molar-refractivity contribution in [2.75, 3.05) is 19.8 Å². The molecule has 84 valence electrons. The number of halogens is 2. The Hall–Kier alpha value is -0.250. The fourth-order valence-electron chi connectivity index (χ4n) is 1.46. The molecule has 0 saturated heterocycles. The second-order valence-corrected chi connectivity index (χ2v) is 4.56. The van der Waals surface area contributed by atoms with Crippen molar-refractivity contribution in [2.24, 2.45) is 0 Å². The molecule has 4 heteroatoms. The molecule has 1 rings (SSSR count). The van der Waals surface area contributed by atoms with Gasteiger partial charge < -0.3 is 4.90 Å². The minimum absolute atomic E-state index is 0.0379. The fourth-order valence-corrected chi connectivity index (χ4v) is 2.32. The zero-order valence-electron chi connectivity index (χ0n) is 9.09. The maximum Gasteiger partial charge on any atom is 0.126 e. The Morgan fingerprint density at radius 2 is 2.07 bits per heavy atom. The van der Waals surface area contributed by atoms with E-state index in [1.165, 1.54) is 6.07 Å². The summed E-state index contributed by atoms with van der Waals surface area (Å²) in [6.45, 7) is 1.70. The van der Waals surface area contributed by atoms with Crippen LogP contribution >= 0.6 is 24.2 Å². The van der Waals surface area contributed by atoms with Crippen molar-refractivity contribution in [3.63, 3.8) is 0 Å². The first-order valence-corrected chi connectivity index (χ1v) is 5.71. The first-order chi connectivity index (χ1) is 6.97. The van der Waals surface area contributed by atoms with E-state index >= 15 is 0 Å². The van der Waals surface area contributed by atoms with Crippen LogP contribution in [0.1, 0.15) is 17.2 Å². The highest BCUT2D eigenvalue weighted by atomic mass is 35.5. The number of thiol groups is 1. The first kappa shape index (κ1) is 12.8. The van der Waals surface area contributed by atoms with Crippen molar-refractivity contribution in [1.82, 2.24) is 4.90 Å². The zero-order chi connectivity index (χ0) is 11.6. The Kier molecular flexibility index (Phi) is 4.44. The average Bonchev–Trinajstić information content (AvgIpc) is 2.14. The maximum absolute atomic E-state index is 13.4. The first-order valence-electron chi connectivity index (χ1n) is 4.70. The summed E-state index contributed by atoms with van der Waals surface area (Å²) in [5.74, 6) is 0.387. The van der Waals surface area contributed by atoms with Gasteiger partial charge in [-0.05, 0) is 44.3 Å². The van der Waals surface area contributed by atoms with Crippen molar-refractivity contribution in [3.8, 4) is 0 Å². The molecule has 0 fully saturated rings. The summed E-state index contributed by atoms with van der Waals surface area (Å²) in [5, 5.41) is 0.599. The number of benzene rings is 1. The molecule has 0 radical (unpaired) electrons. The van der Waals surface area contributed by atoms with E-state index in [9.17, 15) is 4.39 Å². The molecule has 1 nitrogen and oxygen atoms in total. The summed E-state index contributed by atoms with van der Waals surface area (Å²) in [6.07, 6.45) is 0. The van der Waals surface area contributed by atoms with E-state index in [1.54, 1.807) is 13.0 Å². The number of hydrogen-bond donors (Lipinski definition) is 1. The predicted octanol–water partition coefficient (Wildman–Crippen LogP) is 3.32. The van der Waals surface area contributed by atoms with Crippen LogP contribution in [0.5, 0.6) is 0 Å². The van der Waals surface area contributed by atoms with Crippen molar-refractivity contribution < 1.29 is 4.39 Å². The third kappa shape index (κ3) is 2.86. The van der Waals surface area contributed by atoms with Crippen LogP contribution < -0.4 is 0 Å². The lowest BCUT2D eigenvalue weighted by Crippen LogP contribution is -2.21. The molecule has 0 aromatic heterocycles. The summed E-state index contributed by atoms with van der Waals surface area (Å²) in [4.78, 5) is 1.98. The lowest BCUT2D eigenvalue weighted by molar-refractivity contribution is 0.326. The highest BCUT2D eigenvalue weighted by Crippen LogP contribution is 2.29. The van der Waals surface area contributed by atoms with Gasteiger partial charge in [-0.25, -0.2) is 4.39 Å². The standard InChI is InChI=1S/C11H15ClFNS/c1-7-4-9(12)8(5-10(7)13)11(6-15)14(2)3/h4-5,11,15H,6H2,1-3H3. The van der Waals surface area contributed by atoms with E-state index in [4.69, 9.17) is 11.6 Å². The van der Waals surface area contributed by atoms with Crippen LogP contribution in [0, 0.1) is 12.7 Å². The molecule has 0 aliphatic rings. The Balaban J connectivity index is 3.18. The van der Waals surface area contributed by atoms with Crippen molar-refractivity contribution in [1.29, 1.82) is 0 Å². The van der Waals surface area contributed by atoms with E-state index in [-0.39, 0.29) is 11.9 Å². The molecule has 1 atom stereocenters. The van der Waals surface area contributed by atoms with E-state index < -0.39 is 0 Å². The summed E-state index contributed by atoms with van der Waals surface area (Å²) in [7, 11) is 3.85. The van der Waals surface area contributed by atoms with Crippen LogP contribution in [0.25, 0.3) is 0 Å². The highest BCUT2D eigenvalue weighted by molar-refractivity contribution is 7.80. The van der Waals surface area contributed by atoms with Crippen LogP contribution in [0.15, 0.2) is 12.1 Å². The van der Waals surface area contributed by atoms with Gasteiger partial charge in [0.05, 0.1) is 0 Å². The Bertz CT molecular complexity index is 355. The van der Waals surface area contributed by atoms with Gasteiger partial charge in [-0.1, -0.05) is 11.6 Å². The molecule has 0 spiro atoms. The van der Waals surface area contributed by atoms with Crippen LogP contribution in [0.3, 0.4) is 0 Å². The average molecular weight is 248 g/mol. The van der Waals surface area contributed by atoms with Crippen molar-refractivity contribution in [2.45, 2.75) is 13.0 Å². The van der Waals surface area contributed by atoms with Gasteiger partial charge in [0.2, 0.25) is 0 Å². The van der Waals surface area contributed by atoms with Gasteiger partial charge in [-0.3, -0.25) is 0 Å². The number of rotatable bonds is 3. The normalized spacial score (nSPS) is 13.3. The summed E-state index contributed by atoms with van der Waals surface area (Å²) in [6, 6.07) is 3.20. The molecule has 0 heterocycles. The van der Waals surface area contributed by atoms with Gasteiger partial charge in [0.15, 0.2) is 0 Å². The summed E-state index contributed by atoms with van der Waals surface area (Å²) < 4.78 is 13.4. The molecule has 0 bridgehead atoms. The highest BCUT2D eigenvalue weighted by Gasteiger charge is 2.17. The number of nitrogens with zero attached hydrogens (tertiary/aromatic N) is 1. The minimum atomic E-state index is -0.219. The minimum Gasteiger partial charge on any atom is -0.302 e. The van der Waals surface area contributed by atoms with Gasteiger partial charge >= 0.3 is 0 Å². The molecule has 1 aromatic carbocycles. The molecular formula is C11H15ClFNS. The summed E-state index contributed by atoms with van der Waals surface area (Å²) >= 11 is 10.3. The maximum atomic E-state index is 13.4. The largest absolute Gasteiger partial charge is 0.302 e. The van der Waals surface area contributed by atoms with E-state index in [0.717, 1.165) is 5.56 Å². The Morgan fingerprint density at radius 3 is 2.53 bits per heavy atom. The molecule has 0 saturated carbocycles. The second-order valence-electron chi connectivity index (χ2n) is 3.78. The van der Waals surface area contributed by atoms with Gasteiger partial charge in [0.25, 0.3) is 0 Å². The molecule has 0 aliphatic carbocycles. The van der Waals surface area contributed by atoms with E-state index in [0.29, 0.717) is 16.3 Å². The molecular weight excluding hydrogens is 233 g/mol. The van der Waals surface area contributed by atoms with Crippen molar-refractivity contribution in [3.05, 3.63) is 34.1 Å². The third-order valence-corrected chi connectivity index (χ3v) is 3.11. The smallest absolute Gasteiger partial charge is 0.126 e. The zero-order valence-corrected chi connectivity index (χ0v) is 10.7. The lowest BCUT2D eigenvalue weighted by atomic mass is 10.1. The quantitative estimate of drug-likeness (QED) is 0.802. The molecule has 1 aromatic rings. The van der Waals surface area contributed by atoms with Gasteiger partial charge in [0, 0.05) is 16.8 Å². The summed E-state index contributed by atoms with van der Waals surface area (Å²) in [5.41, 5.74) is 1.36. The Morgan fingerprint density at radius 1 is 1.47 bits per heavy atom. The van der Waals surface area contributed by atoms with Gasteiger partial charge in [0.1, 0.15) is 5.82 Å². The monoisotopic (exact) mass is 247 g/mol. The van der Waals surface area contributed by atoms with E-state index in [1.807, 2.05) is 19.0 Å². The number of hydrogen-bond acceptors (Lipinski definition) is 2. The van der Waals surface area contributed by atoms with Gasteiger partial charge in [-0.2, -0.15) is 12.6 Å². The van der Waals surface area contributed by atoms with Crippen LogP contribution in [0.2, 0.25) is 5.02 Å². The molecule has 1 unspecified atom stereocenters. The molecule has 0 N–H and O–H groups in total. The third-order valence-electron chi connectivity index (χ3n) is 2.43. The lowest BCUT2D eigenvalue weighted by Gasteiger charge is -2.24. The molecule has 0 amide bonds. The number of aryl methyl sites for hydroxylation is 1.